The number of benzene rings is 3. The van der Waals surface area contributed by atoms with E-state index in [1.807, 2.05) is 0 Å². The van der Waals surface area contributed by atoms with Gasteiger partial charge in [-0.15, -0.1) is 0 Å². The monoisotopic (exact) mass is 579 g/mol. The second-order valence-corrected chi connectivity index (χ2v) is 14.4. The number of unbranched alkanes of at least 4 members (excludes halogenated alkanes) is 4. The molecule has 0 aromatic heterocycles. The van der Waals surface area contributed by atoms with Crippen LogP contribution in [-0.2, 0) is 10.8 Å². The minimum atomic E-state index is 0.142. The van der Waals surface area contributed by atoms with E-state index >= 15 is 0 Å². The molecule has 0 aliphatic rings. The van der Waals surface area contributed by atoms with Gasteiger partial charge in [0.25, 0.3) is 0 Å². The van der Waals surface area contributed by atoms with Crippen LogP contribution in [0.2, 0.25) is 0 Å². The average molecular weight is 580 g/mol. The smallest absolute Gasteiger partial charge is 0.0173 e. The molecule has 1 nitrogen and oxygen atoms in total. The van der Waals surface area contributed by atoms with E-state index in [4.69, 9.17) is 0 Å². The average Bonchev–Trinajstić information content (AvgIpc) is 2.98. The highest BCUT2D eigenvalue weighted by Crippen LogP contribution is 2.28. The third-order valence-corrected chi connectivity index (χ3v) is 9.11. The van der Waals surface area contributed by atoms with Crippen molar-refractivity contribution in [2.75, 3.05) is 13.1 Å². The molecular formula is C42H61N. The fraction of sp³-hybridized carbons (Fsp3) is 0.524. The van der Waals surface area contributed by atoms with Crippen molar-refractivity contribution in [2.24, 2.45) is 0 Å². The highest BCUT2D eigenvalue weighted by molar-refractivity contribution is 5.77. The van der Waals surface area contributed by atoms with Gasteiger partial charge in [0.05, 0.1) is 0 Å². The summed E-state index contributed by atoms with van der Waals surface area (Å²) in [5, 5.41) is 6.78. The molecule has 1 N–H and O–H groups in total. The van der Waals surface area contributed by atoms with Crippen LogP contribution in [0.3, 0.4) is 0 Å². The Balaban J connectivity index is 2.29. The van der Waals surface area contributed by atoms with Gasteiger partial charge in [0.2, 0.25) is 0 Å². The van der Waals surface area contributed by atoms with Crippen molar-refractivity contribution in [1.29, 1.82) is 0 Å². The van der Waals surface area contributed by atoms with Crippen LogP contribution in [0.5, 0.6) is 0 Å². The van der Waals surface area contributed by atoms with Crippen molar-refractivity contribution in [3.8, 4) is 22.3 Å². The van der Waals surface area contributed by atoms with Gasteiger partial charge >= 0.3 is 0 Å². The normalized spacial score (nSPS) is 12.9. The number of rotatable bonds is 13. The zero-order valence-electron chi connectivity index (χ0n) is 29.3. The molecule has 1 heteroatoms. The summed E-state index contributed by atoms with van der Waals surface area (Å²) in [6, 6.07) is 23.6. The predicted molar refractivity (Wildman–Crippen MR) is 193 cm³/mol. The summed E-state index contributed by atoms with van der Waals surface area (Å²) in [5.41, 5.74) is 11.5. The highest BCUT2D eigenvalue weighted by Gasteiger charge is 2.17. The molecule has 3 rings (SSSR count). The fourth-order valence-corrected chi connectivity index (χ4v) is 6.20. The van der Waals surface area contributed by atoms with E-state index < -0.39 is 0 Å². The number of hydrogen-bond donors (Lipinski definition) is 1. The quantitative estimate of drug-likeness (QED) is 0.199. The van der Waals surface area contributed by atoms with Crippen molar-refractivity contribution in [2.45, 2.75) is 131 Å². The van der Waals surface area contributed by atoms with Crippen molar-refractivity contribution < 1.29 is 0 Å². The van der Waals surface area contributed by atoms with Crippen LogP contribution in [0, 0.1) is 0 Å². The van der Waals surface area contributed by atoms with Gasteiger partial charge in [-0.05, 0) is 92.4 Å². The first kappa shape index (κ1) is 34.8. The van der Waals surface area contributed by atoms with E-state index in [0.29, 0.717) is 0 Å². The Labute approximate surface area is 264 Å². The lowest BCUT2D eigenvalue weighted by Crippen LogP contribution is -2.36. The topological polar surface area (TPSA) is 12.0 Å². The molecule has 234 valence electrons. The van der Waals surface area contributed by atoms with Crippen LogP contribution < -0.4 is 15.8 Å². The summed E-state index contributed by atoms with van der Waals surface area (Å²) in [7, 11) is 0. The standard InChI is InChI=1S/C42H61N/c1-11-15-16-17-18-29-43-30-32(14-4)40-38(34-21-25-36(26-22-34)42(8,9)10)28-27-37(39(40)31(12-2)13-3)33-19-23-35(24-20-33)41(5,6)7/h19-28,43H,11-18,29-30H2,1-10H3. The Morgan fingerprint density at radius 3 is 1.33 bits per heavy atom. The van der Waals surface area contributed by atoms with Crippen LogP contribution in [0.25, 0.3) is 33.4 Å². The molecule has 0 atom stereocenters. The Morgan fingerprint density at radius 2 is 0.930 bits per heavy atom. The molecule has 0 amide bonds. The fourth-order valence-electron chi connectivity index (χ4n) is 6.20. The maximum absolute atomic E-state index is 3.86. The predicted octanol–water partition coefficient (Wildman–Crippen LogP) is 10.7. The van der Waals surface area contributed by atoms with E-state index in [-0.39, 0.29) is 10.8 Å². The van der Waals surface area contributed by atoms with Crippen LogP contribution in [0.1, 0.15) is 132 Å². The summed E-state index contributed by atoms with van der Waals surface area (Å²) in [6.07, 6.45) is 9.74. The third kappa shape index (κ3) is 9.18. The lowest BCUT2D eigenvalue weighted by Gasteiger charge is -2.21. The minimum absolute atomic E-state index is 0.142. The van der Waals surface area contributed by atoms with E-state index in [1.165, 1.54) is 81.5 Å². The van der Waals surface area contributed by atoms with Gasteiger partial charge in [-0.25, -0.2) is 0 Å². The molecule has 3 aromatic rings. The van der Waals surface area contributed by atoms with Crippen LogP contribution >= 0.6 is 0 Å². The van der Waals surface area contributed by atoms with Gasteiger partial charge in [0, 0.05) is 6.54 Å². The zero-order chi connectivity index (χ0) is 31.6. The summed E-state index contributed by atoms with van der Waals surface area (Å²) in [6.45, 7) is 25.1. The van der Waals surface area contributed by atoms with Crippen LogP contribution in [0.15, 0.2) is 60.7 Å². The Bertz CT molecular complexity index is 1400. The van der Waals surface area contributed by atoms with E-state index in [0.717, 1.165) is 32.4 Å². The highest BCUT2D eigenvalue weighted by atomic mass is 14.8. The second kappa shape index (κ2) is 15.9. The SMILES string of the molecule is CCCCCCCNCC(CC)=c1c(-c2ccc(C(C)(C)C)cc2)ccc(-c2ccc(C(C)(C)C)cc2)c1=C(CC)CC. The maximum atomic E-state index is 3.86. The van der Waals surface area contributed by atoms with Crippen molar-refractivity contribution in [3.05, 3.63) is 82.2 Å². The molecule has 0 fully saturated rings. The summed E-state index contributed by atoms with van der Waals surface area (Å²) in [5.74, 6) is 0. The Morgan fingerprint density at radius 1 is 0.512 bits per heavy atom. The second-order valence-electron chi connectivity index (χ2n) is 14.4. The van der Waals surface area contributed by atoms with E-state index in [2.05, 4.69) is 135 Å². The van der Waals surface area contributed by atoms with Crippen molar-refractivity contribution in [1.82, 2.24) is 5.32 Å². The largest absolute Gasteiger partial charge is 0.313 e. The molecular weight excluding hydrogens is 518 g/mol. The van der Waals surface area contributed by atoms with Crippen molar-refractivity contribution in [3.63, 3.8) is 0 Å². The summed E-state index contributed by atoms with van der Waals surface area (Å²) < 4.78 is 0. The molecule has 0 unspecified atom stereocenters. The molecule has 0 spiro atoms. The lowest BCUT2D eigenvalue weighted by atomic mass is 9.84. The van der Waals surface area contributed by atoms with Gasteiger partial charge in [0.1, 0.15) is 0 Å². The minimum Gasteiger partial charge on any atom is -0.313 e. The van der Waals surface area contributed by atoms with Crippen LogP contribution in [0.4, 0.5) is 0 Å². The molecule has 0 saturated carbocycles. The molecule has 43 heavy (non-hydrogen) atoms. The van der Waals surface area contributed by atoms with E-state index in [1.54, 1.807) is 5.57 Å². The van der Waals surface area contributed by atoms with Crippen LogP contribution in [-0.4, -0.2) is 13.1 Å². The van der Waals surface area contributed by atoms with Crippen molar-refractivity contribution >= 4 is 11.1 Å². The van der Waals surface area contributed by atoms with Gasteiger partial charge in [0.15, 0.2) is 0 Å². The molecule has 0 bridgehead atoms. The molecule has 3 aromatic carbocycles. The van der Waals surface area contributed by atoms with Gasteiger partial charge in [-0.1, -0.05) is 161 Å². The molecule has 0 heterocycles. The summed E-state index contributed by atoms with van der Waals surface area (Å²) >= 11 is 0. The van der Waals surface area contributed by atoms with Gasteiger partial charge < -0.3 is 5.32 Å². The number of hydrogen-bond acceptors (Lipinski definition) is 1. The first-order chi connectivity index (χ1) is 20.5. The molecule has 0 saturated heterocycles. The summed E-state index contributed by atoms with van der Waals surface area (Å²) in [4.78, 5) is 0. The Kier molecular flexibility index (Phi) is 12.9. The molecule has 0 aliphatic carbocycles. The molecule has 0 aliphatic heterocycles. The van der Waals surface area contributed by atoms with E-state index in [9.17, 15) is 0 Å². The zero-order valence-corrected chi connectivity index (χ0v) is 29.3. The lowest BCUT2D eigenvalue weighted by molar-refractivity contribution is 0.590. The molecule has 0 radical (unpaired) electrons. The third-order valence-electron chi connectivity index (χ3n) is 9.11. The maximum Gasteiger partial charge on any atom is 0.0173 e. The first-order valence-electron chi connectivity index (χ1n) is 17.3. The van der Waals surface area contributed by atoms with Gasteiger partial charge in [-0.2, -0.15) is 0 Å². The first-order valence-corrected chi connectivity index (χ1v) is 17.3. The Hall–Kier alpha value is -2.64. The van der Waals surface area contributed by atoms with Gasteiger partial charge in [-0.3, -0.25) is 0 Å². The number of nitrogens with one attached hydrogen (secondary N) is 1.